The normalized spacial score (nSPS) is 11.0. The Bertz CT molecular complexity index is 1920. The smallest absolute Gasteiger partial charge is 0.324 e. The SMILES string of the molecule is N#Cc1cc(CN(CC(=O)O)c2ccc(N(CC(=O)O)S(=O)(=O)c3ccc(F)c(C#N)c3)c3ccccc23)ccc1F. The Morgan fingerprint density at radius 3 is 1.90 bits per heavy atom. The predicted octanol–water partition coefficient (Wildman–Crippen LogP) is 4.23. The van der Waals surface area contributed by atoms with E-state index >= 15 is 0 Å². The second-order valence-electron chi connectivity index (χ2n) is 8.98. The van der Waals surface area contributed by atoms with Crippen LogP contribution in [0.1, 0.15) is 16.7 Å². The molecule has 0 aliphatic heterocycles. The molecular weight excluding hydrogens is 570 g/mol. The molecular formula is C29H20F2N4O6S. The summed E-state index contributed by atoms with van der Waals surface area (Å²) >= 11 is 0. The van der Waals surface area contributed by atoms with Gasteiger partial charge in [-0.1, -0.05) is 30.3 Å². The molecule has 0 bridgehead atoms. The number of halogens is 2. The minimum Gasteiger partial charge on any atom is -0.480 e. The van der Waals surface area contributed by atoms with Crippen LogP contribution in [0.5, 0.6) is 0 Å². The topological polar surface area (TPSA) is 163 Å². The summed E-state index contributed by atoms with van der Waals surface area (Å²) in [4.78, 5) is 24.5. The number of rotatable bonds is 10. The fourth-order valence-electron chi connectivity index (χ4n) is 4.43. The highest BCUT2D eigenvalue weighted by molar-refractivity contribution is 7.92. The molecule has 2 N–H and O–H groups in total. The lowest BCUT2D eigenvalue weighted by Crippen LogP contribution is -2.36. The van der Waals surface area contributed by atoms with Crippen molar-refractivity contribution in [3.63, 3.8) is 0 Å². The van der Waals surface area contributed by atoms with E-state index < -0.39 is 57.1 Å². The van der Waals surface area contributed by atoms with Gasteiger partial charge in [-0.15, -0.1) is 0 Å². The van der Waals surface area contributed by atoms with Gasteiger partial charge in [0.1, 0.15) is 36.9 Å². The molecule has 42 heavy (non-hydrogen) atoms. The van der Waals surface area contributed by atoms with Crippen LogP contribution < -0.4 is 9.21 Å². The molecule has 0 saturated heterocycles. The standard InChI is InChI=1S/C29H20F2N4O6S/c30-24-7-5-18(11-19(24)13-32)15-34(16-28(36)37)26-9-10-27(23-4-2-1-3-22(23)26)35(17-29(38)39)42(40,41)21-6-8-25(31)20(12-21)14-33/h1-12H,15-17H2,(H,36,37)(H,38,39). The fourth-order valence-corrected chi connectivity index (χ4v) is 5.89. The third-order valence-electron chi connectivity index (χ3n) is 6.26. The van der Waals surface area contributed by atoms with Crippen molar-refractivity contribution >= 4 is 44.1 Å². The monoisotopic (exact) mass is 590 g/mol. The van der Waals surface area contributed by atoms with E-state index in [0.717, 1.165) is 24.3 Å². The van der Waals surface area contributed by atoms with Crippen LogP contribution in [0.15, 0.2) is 77.7 Å². The third kappa shape index (κ3) is 5.96. The van der Waals surface area contributed by atoms with Crippen LogP contribution in [0.4, 0.5) is 20.2 Å². The molecule has 0 atom stereocenters. The zero-order valence-electron chi connectivity index (χ0n) is 21.5. The van der Waals surface area contributed by atoms with Gasteiger partial charge in [0.2, 0.25) is 0 Å². The van der Waals surface area contributed by atoms with Crippen molar-refractivity contribution in [2.75, 3.05) is 22.3 Å². The van der Waals surface area contributed by atoms with Crippen molar-refractivity contribution in [1.82, 2.24) is 0 Å². The maximum Gasteiger partial charge on any atom is 0.324 e. The minimum atomic E-state index is -4.64. The van der Waals surface area contributed by atoms with Gasteiger partial charge in [0, 0.05) is 23.0 Å². The highest BCUT2D eigenvalue weighted by atomic mass is 32.2. The first kappa shape index (κ1) is 29.5. The Morgan fingerprint density at radius 1 is 0.762 bits per heavy atom. The average molecular weight is 591 g/mol. The first-order valence-electron chi connectivity index (χ1n) is 12.1. The minimum absolute atomic E-state index is 0.0613. The number of carboxylic acid groups (broad SMARTS) is 2. The summed E-state index contributed by atoms with van der Waals surface area (Å²) in [5.74, 6) is -4.38. The Labute approximate surface area is 238 Å². The lowest BCUT2D eigenvalue weighted by atomic mass is 10.0. The molecule has 0 radical (unpaired) electrons. The van der Waals surface area contributed by atoms with Gasteiger partial charge in [0.25, 0.3) is 10.0 Å². The Hall–Kier alpha value is -5.53. The number of hydrogen-bond donors (Lipinski definition) is 2. The van der Waals surface area contributed by atoms with E-state index in [0.29, 0.717) is 20.9 Å². The van der Waals surface area contributed by atoms with E-state index in [-0.39, 0.29) is 23.2 Å². The van der Waals surface area contributed by atoms with Gasteiger partial charge in [-0.2, -0.15) is 10.5 Å². The maximum atomic E-state index is 13.9. The van der Waals surface area contributed by atoms with E-state index in [9.17, 15) is 47.5 Å². The molecule has 0 fully saturated rings. The second-order valence-corrected chi connectivity index (χ2v) is 10.8. The number of carbonyl (C=O) groups is 2. The summed E-state index contributed by atoms with van der Waals surface area (Å²) in [5, 5.41) is 38.2. The predicted molar refractivity (Wildman–Crippen MR) is 147 cm³/mol. The van der Waals surface area contributed by atoms with Crippen LogP contribution in [-0.2, 0) is 26.2 Å². The Balaban J connectivity index is 1.89. The van der Waals surface area contributed by atoms with Crippen LogP contribution >= 0.6 is 0 Å². The average Bonchev–Trinajstić information content (AvgIpc) is 2.95. The summed E-state index contributed by atoms with van der Waals surface area (Å²) < 4.78 is 55.8. The molecule has 0 aromatic heterocycles. The third-order valence-corrected chi connectivity index (χ3v) is 8.02. The fraction of sp³-hybridized carbons (Fsp3) is 0.103. The molecule has 0 aliphatic carbocycles. The first-order chi connectivity index (χ1) is 20.0. The Morgan fingerprint density at radius 2 is 1.31 bits per heavy atom. The van der Waals surface area contributed by atoms with Crippen molar-refractivity contribution in [1.29, 1.82) is 10.5 Å². The number of benzene rings is 4. The molecule has 10 nitrogen and oxygen atoms in total. The first-order valence-corrected chi connectivity index (χ1v) is 13.5. The molecule has 0 saturated carbocycles. The van der Waals surface area contributed by atoms with Gasteiger partial charge in [0.15, 0.2) is 0 Å². The van der Waals surface area contributed by atoms with Gasteiger partial charge in [-0.25, -0.2) is 17.2 Å². The maximum absolute atomic E-state index is 13.9. The van der Waals surface area contributed by atoms with Crippen molar-refractivity contribution in [3.8, 4) is 12.1 Å². The number of anilines is 2. The number of carboxylic acids is 2. The van der Waals surface area contributed by atoms with Crippen LogP contribution in [-0.4, -0.2) is 43.7 Å². The van der Waals surface area contributed by atoms with E-state index in [4.69, 9.17) is 0 Å². The second kappa shape index (κ2) is 11.9. The number of hydrogen-bond acceptors (Lipinski definition) is 7. The zero-order valence-corrected chi connectivity index (χ0v) is 22.3. The highest BCUT2D eigenvalue weighted by Gasteiger charge is 2.30. The van der Waals surface area contributed by atoms with Crippen molar-refractivity contribution in [2.24, 2.45) is 0 Å². The van der Waals surface area contributed by atoms with Gasteiger partial charge in [-0.05, 0) is 48.0 Å². The molecule has 4 rings (SSSR count). The summed E-state index contributed by atoms with van der Waals surface area (Å²) in [6.45, 7) is -1.60. The highest BCUT2D eigenvalue weighted by Crippen LogP contribution is 2.37. The lowest BCUT2D eigenvalue weighted by molar-refractivity contribution is -0.136. The molecule has 0 amide bonds. The molecule has 13 heteroatoms. The van der Waals surface area contributed by atoms with E-state index in [1.165, 1.54) is 35.2 Å². The summed E-state index contributed by atoms with van der Waals surface area (Å²) in [6.07, 6.45) is 0. The van der Waals surface area contributed by atoms with Crippen LogP contribution in [0.3, 0.4) is 0 Å². The van der Waals surface area contributed by atoms with Gasteiger partial charge in [0.05, 0.1) is 21.7 Å². The Kier molecular flexibility index (Phi) is 8.36. The van der Waals surface area contributed by atoms with E-state index in [1.54, 1.807) is 30.3 Å². The quantitative estimate of drug-likeness (QED) is 0.275. The van der Waals surface area contributed by atoms with Crippen LogP contribution in [0.25, 0.3) is 10.8 Å². The number of aliphatic carboxylic acids is 2. The number of fused-ring (bicyclic) bond motifs is 1. The largest absolute Gasteiger partial charge is 0.480 e. The number of nitrogens with zero attached hydrogens (tertiary/aromatic N) is 4. The molecule has 4 aromatic carbocycles. The van der Waals surface area contributed by atoms with Crippen molar-refractivity contribution in [2.45, 2.75) is 11.4 Å². The van der Waals surface area contributed by atoms with Crippen molar-refractivity contribution < 1.29 is 37.0 Å². The summed E-state index contributed by atoms with van der Waals surface area (Å²) in [5.41, 5.74) is -0.0691. The van der Waals surface area contributed by atoms with Crippen molar-refractivity contribution in [3.05, 3.63) is 101 Å². The lowest BCUT2D eigenvalue weighted by Gasteiger charge is -2.28. The zero-order chi connectivity index (χ0) is 30.6. The number of sulfonamides is 1. The summed E-state index contributed by atoms with van der Waals surface area (Å²) in [6, 6.07) is 18.6. The molecule has 0 aliphatic rings. The molecule has 0 spiro atoms. The molecule has 212 valence electrons. The van der Waals surface area contributed by atoms with E-state index in [1.807, 2.05) is 0 Å². The van der Waals surface area contributed by atoms with Crippen LogP contribution in [0, 0.1) is 34.3 Å². The molecule has 0 heterocycles. The van der Waals surface area contributed by atoms with Crippen LogP contribution in [0.2, 0.25) is 0 Å². The van der Waals surface area contributed by atoms with Gasteiger partial charge < -0.3 is 15.1 Å². The number of nitriles is 2. The van der Waals surface area contributed by atoms with E-state index in [2.05, 4.69) is 0 Å². The molecule has 0 unspecified atom stereocenters. The molecule has 4 aromatic rings. The van der Waals surface area contributed by atoms with Gasteiger partial charge in [-0.3, -0.25) is 13.9 Å². The summed E-state index contributed by atoms with van der Waals surface area (Å²) in [7, 11) is -4.64. The van der Waals surface area contributed by atoms with Gasteiger partial charge >= 0.3 is 11.9 Å².